The molecule has 20 heavy (non-hydrogen) atoms. The summed E-state index contributed by atoms with van der Waals surface area (Å²) in [6.07, 6.45) is -1.35. The van der Waals surface area contributed by atoms with Crippen molar-refractivity contribution < 1.29 is 27.8 Å². The maximum atomic E-state index is 12.2. The monoisotopic (exact) mass is 300 g/mol. The van der Waals surface area contributed by atoms with Gasteiger partial charge >= 0.3 is 6.16 Å². The van der Waals surface area contributed by atoms with Crippen molar-refractivity contribution in [2.75, 3.05) is 12.4 Å². The lowest BCUT2D eigenvalue weighted by atomic mass is 10.0. The second-order valence-electron chi connectivity index (χ2n) is 4.53. The lowest BCUT2D eigenvalue weighted by Gasteiger charge is -2.27. The minimum Gasteiger partial charge on any atom is -0.449 e. The standard InChI is InChI=1S/C13H16O6S/c1-3-18-11-6-7-20(16,17)12-8(2)10(19-13(14)15)5-4-9(11)12/h4-5,11H,3,6-7H2,1-2H3,(H,14,15). The molecule has 1 aliphatic rings. The van der Waals surface area contributed by atoms with Crippen LogP contribution in [0.25, 0.3) is 0 Å². The Balaban J connectivity index is 2.58. The Bertz CT molecular complexity index is 635. The van der Waals surface area contributed by atoms with E-state index in [4.69, 9.17) is 9.84 Å². The maximum Gasteiger partial charge on any atom is 0.511 e. The molecule has 2 rings (SSSR count). The van der Waals surface area contributed by atoms with Gasteiger partial charge in [0.15, 0.2) is 9.84 Å². The van der Waals surface area contributed by atoms with E-state index in [1.54, 1.807) is 13.0 Å². The van der Waals surface area contributed by atoms with Gasteiger partial charge in [0.1, 0.15) is 5.75 Å². The molecule has 1 N–H and O–H groups in total. The predicted octanol–water partition coefficient (Wildman–Crippen LogP) is 2.31. The fourth-order valence-electron chi connectivity index (χ4n) is 2.46. The van der Waals surface area contributed by atoms with Crippen molar-refractivity contribution >= 4 is 16.0 Å². The Labute approximate surface area is 117 Å². The van der Waals surface area contributed by atoms with Gasteiger partial charge in [-0.05, 0) is 31.9 Å². The SMILES string of the molecule is CCOC1CCS(=O)(=O)c2c1ccc(OC(=O)O)c2C. The zero-order valence-electron chi connectivity index (χ0n) is 11.3. The van der Waals surface area contributed by atoms with Crippen LogP contribution in [0.2, 0.25) is 0 Å². The molecule has 0 aromatic heterocycles. The van der Waals surface area contributed by atoms with Crippen LogP contribution >= 0.6 is 0 Å². The Kier molecular flexibility index (Phi) is 4.01. The van der Waals surface area contributed by atoms with Crippen LogP contribution in [0.5, 0.6) is 5.75 Å². The molecule has 1 aliphatic heterocycles. The molecule has 0 radical (unpaired) electrons. The first kappa shape index (κ1) is 14.8. The van der Waals surface area contributed by atoms with Crippen LogP contribution in [-0.2, 0) is 14.6 Å². The third-order valence-electron chi connectivity index (χ3n) is 3.26. The van der Waals surface area contributed by atoms with Gasteiger partial charge in [0.05, 0.1) is 16.8 Å². The molecular formula is C13H16O6S. The van der Waals surface area contributed by atoms with E-state index in [1.165, 1.54) is 6.07 Å². The predicted molar refractivity (Wildman–Crippen MR) is 70.9 cm³/mol. The summed E-state index contributed by atoms with van der Waals surface area (Å²) in [5, 5.41) is 8.67. The smallest absolute Gasteiger partial charge is 0.449 e. The van der Waals surface area contributed by atoms with E-state index in [0.717, 1.165) is 0 Å². The highest BCUT2D eigenvalue weighted by Gasteiger charge is 2.33. The molecule has 0 amide bonds. The lowest BCUT2D eigenvalue weighted by molar-refractivity contribution is 0.0566. The highest BCUT2D eigenvalue weighted by molar-refractivity contribution is 7.91. The highest BCUT2D eigenvalue weighted by Crippen LogP contribution is 2.39. The fourth-order valence-corrected chi connectivity index (χ4v) is 4.31. The maximum absolute atomic E-state index is 12.2. The topological polar surface area (TPSA) is 89.9 Å². The van der Waals surface area contributed by atoms with Gasteiger partial charge in [-0.25, -0.2) is 13.2 Å². The summed E-state index contributed by atoms with van der Waals surface area (Å²) in [6.45, 7) is 3.87. The number of carbonyl (C=O) groups is 1. The minimum atomic E-state index is -3.44. The van der Waals surface area contributed by atoms with Crippen LogP contribution in [-0.4, -0.2) is 32.0 Å². The fraction of sp³-hybridized carbons (Fsp3) is 0.462. The molecule has 7 heteroatoms. The van der Waals surface area contributed by atoms with Crippen molar-refractivity contribution in [3.05, 3.63) is 23.3 Å². The molecule has 6 nitrogen and oxygen atoms in total. The molecule has 1 atom stereocenters. The Morgan fingerprint density at radius 3 is 2.75 bits per heavy atom. The summed E-state index contributed by atoms with van der Waals surface area (Å²) in [7, 11) is -3.44. The van der Waals surface area contributed by atoms with Gasteiger partial charge in [0.25, 0.3) is 0 Å². The summed E-state index contributed by atoms with van der Waals surface area (Å²) in [5.41, 5.74) is 0.891. The molecule has 0 aliphatic carbocycles. The number of fused-ring (bicyclic) bond motifs is 1. The number of ether oxygens (including phenoxy) is 2. The molecule has 1 aromatic carbocycles. The van der Waals surface area contributed by atoms with E-state index in [-0.39, 0.29) is 22.5 Å². The van der Waals surface area contributed by atoms with E-state index >= 15 is 0 Å². The third kappa shape index (κ3) is 2.64. The molecule has 0 bridgehead atoms. The minimum absolute atomic E-state index is 0.0119. The number of hydrogen-bond donors (Lipinski definition) is 1. The third-order valence-corrected chi connectivity index (χ3v) is 5.20. The molecule has 0 saturated heterocycles. The van der Waals surface area contributed by atoms with E-state index in [2.05, 4.69) is 4.74 Å². The number of hydrogen-bond acceptors (Lipinski definition) is 5. The zero-order chi connectivity index (χ0) is 14.9. The average Bonchev–Trinajstić information content (AvgIpc) is 2.35. The van der Waals surface area contributed by atoms with E-state index in [9.17, 15) is 13.2 Å². The first-order valence-electron chi connectivity index (χ1n) is 6.25. The van der Waals surface area contributed by atoms with Gasteiger partial charge in [-0.15, -0.1) is 0 Å². The van der Waals surface area contributed by atoms with Gasteiger partial charge in [0.2, 0.25) is 0 Å². The zero-order valence-corrected chi connectivity index (χ0v) is 12.1. The molecule has 0 spiro atoms. The van der Waals surface area contributed by atoms with E-state index < -0.39 is 16.0 Å². The summed E-state index contributed by atoms with van der Waals surface area (Å²) in [5.74, 6) is 0.0270. The average molecular weight is 300 g/mol. The lowest BCUT2D eigenvalue weighted by Crippen LogP contribution is -2.23. The summed E-state index contributed by atoms with van der Waals surface area (Å²) >= 11 is 0. The molecule has 1 unspecified atom stereocenters. The first-order chi connectivity index (χ1) is 9.36. The van der Waals surface area contributed by atoms with Crippen molar-refractivity contribution in [1.82, 2.24) is 0 Å². The van der Waals surface area contributed by atoms with Crippen molar-refractivity contribution in [2.24, 2.45) is 0 Å². The van der Waals surface area contributed by atoms with E-state index in [0.29, 0.717) is 24.2 Å². The Hall–Kier alpha value is -1.60. The largest absolute Gasteiger partial charge is 0.511 e. The molecule has 0 fully saturated rings. The molecule has 1 aromatic rings. The second-order valence-corrected chi connectivity index (χ2v) is 6.57. The molecular weight excluding hydrogens is 284 g/mol. The van der Waals surface area contributed by atoms with E-state index in [1.807, 2.05) is 6.92 Å². The molecule has 110 valence electrons. The van der Waals surface area contributed by atoms with Crippen LogP contribution < -0.4 is 4.74 Å². The summed E-state index contributed by atoms with van der Waals surface area (Å²) in [6, 6.07) is 3.03. The number of carboxylic acid groups (broad SMARTS) is 1. The van der Waals surface area contributed by atoms with Crippen molar-refractivity contribution in [3.8, 4) is 5.75 Å². The molecule has 0 saturated carbocycles. The van der Waals surface area contributed by atoms with Crippen molar-refractivity contribution in [1.29, 1.82) is 0 Å². The van der Waals surface area contributed by atoms with Crippen LogP contribution in [0, 0.1) is 6.92 Å². The van der Waals surface area contributed by atoms with Crippen LogP contribution in [0.3, 0.4) is 0 Å². The molecule has 1 heterocycles. The highest BCUT2D eigenvalue weighted by atomic mass is 32.2. The summed E-state index contributed by atoms with van der Waals surface area (Å²) < 4.78 is 34.6. The number of sulfone groups is 1. The van der Waals surface area contributed by atoms with Crippen molar-refractivity contribution in [2.45, 2.75) is 31.3 Å². The van der Waals surface area contributed by atoms with Crippen LogP contribution in [0.1, 0.15) is 30.6 Å². The van der Waals surface area contributed by atoms with Gasteiger partial charge in [0, 0.05) is 12.2 Å². The van der Waals surface area contributed by atoms with Gasteiger partial charge < -0.3 is 14.6 Å². The summed E-state index contributed by atoms with van der Waals surface area (Å²) in [4.78, 5) is 10.8. The normalized spacial score (nSPS) is 20.2. The van der Waals surface area contributed by atoms with Gasteiger partial charge in [-0.1, -0.05) is 6.07 Å². The van der Waals surface area contributed by atoms with Crippen molar-refractivity contribution in [3.63, 3.8) is 0 Å². The van der Waals surface area contributed by atoms with Gasteiger partial charge in [-0.2, -0.15) is 0 Å². The number of benzene rings is 1. The Morgan fingerprint density at radius 2 is 2.15 bits per heavy atom. The quantitative estimate of drug-likeness (QED) is 0.680. The second kappa shape index (κ2) is 5.41. The Morgan fingerprint density at radius 1 is 1.45 bits per heavy atom. The van der Waals surface area contributed by atoms with Gasteiger partial charge in [-0.3, -0.25) is 0 Å². The van der Waals surface area contributed by atoms with Crippen LogP contribution in [0.4, 0.5) is 4.79 Å². The number of rotatable bonds is 3. The van der Waals surface area contributed by atoms with Crippen LogP contribution in [0.15, 0.2) is 17.0 Å². The first-order valence-corrected chi connectivity index (χ1v) is 7.90.